The number of nitrogens with one attached hydrogen (secondary N) is 1. The van der Waals surface area contributed by atoms with Crippen molar-refractivity contribution in [2.75, 3.05) is 13.1 Å². The van der Waals surface area contributed by atoms with Gasteiger partial charge in [-0.05, 0) is 50.9 Å². The molecule has 0 atom stereocenters. The molecule has 0 bridgehead atoms. The maximum absolute atomic E-state index is 12.6. The number of piperidine rings is 1. The molecule has 98 valence electrons. The van der Waals surface area contributed by atoms with Gasteiger partial charge >= 0.3 is 0 Å². The Morgan fingerprint density at radius 3 is 2.72 bits per heavy atom. The largest absolute Gasteiger partial charge is 0.467 e. The lowest BCUT2D eigenvalue weighted by molar-refractivity contribution is -0.137. The van der Waals surface area contributed by atoms with Gasteiger partial charge in [-0.1, -0.05) is 0 Å². The minimum Gasteiger partial charge on any atom is -0.467 e. The summed E-state index contributed by atoms with van der Waals surface area (Å²) in [6.45, 7) is 2.58. The van der Waals surface area contributed by atoms with Crippen molar-refractivity contribution in [1.82, 2.24) is 10.2 Å². The summed E-state index contributed by atoms with van der Waals surface area (Å²) in [6, 6.07) is 4.29. The van der Waals surface area contributed by atoms with Gasteiger partial charge < -0.3 is 14.6 Å². The molecular formula is C14H20N2O2. The van der Waals surface area contributed by atoms with Crippen molar-refractivity contribution >= 4 is 5.91 Å². The quantitative estimate of drug-likeness (QED) is 0.883. The minimum atomic E-state index is 0.210. The fraction of sp³-hybridized carbons (Fsp3) is 0.643. The number of carbonyl (C=O) groups is 1. The molecule has 1 aromatic heterocycles. The molecule has 0 aromatic carbocycles. The second kappa shape index (κ2) is 5.14. The molecule has 4 nitrogen and oxygen atoms in total. The molecular weight excluding hydrogens is 228 g/mol. The van der Waals surface area contributed by atoms with E-state index in [0.29, 0.717) is 18.5 Å². The first-order valence-electron chi connectivity index (χ1n) is 6.88. The van der Waals surface area contributed by atoms with Crippen molar-refractivity contribution in [2.24, 2.45) is 5.92 Å². The first-order chi connectivity index (χ1) is 8.84. The first-order valence-corrected chi connectivity index (χ1v) is 6.88. The van der Waals surface area contributed by atoms with Gasteiger partial charge in [0, 0.05) is 12.0 Å². The van der Waals surface area contributed by atoms with E-state index in [1.54, 1.807) is 6.26 Å². The molecule has 2 fully saturated rings. The van der Waals surface area contributed by atoms with E-state index in [1.165, 1.54) is 0 Å². The van der Waals surface area contributed by atoms with Crippen LogP contribution in [0.3, 0.4) is 0 Å². The lowest BCUT2D eigenvalue weighted by Gasteiger charge is -2.29. The van der Waals surface area contributed by atoms with Gasteiger partial charge in [0.05, 0.1) is 12.8 Å². The number of furan rings is 1. The normalized spacial score (nSPS) is 20.9. The van der Waals surface area contributed by atoms with E-state index in [9.17, 15) is 4.79 Å². The van der Waals surface area contributed by atoms with E-state index in [1.807, 2.05) is 17.0 Å². The Morgan fingerprint density at radius 1 is 1.33 bits per heavy atom. The SMILES string of the molecule is O=C(C1CCNCC1)N(Cc1ccco1)C1CC1. The van der Waals surface area contributed by atoms with Crippen molar-refractivity contribution in [1.29, 1.82) is 0 Å². The smallest absolute Gasteiger partial charge is 0.226 e. The van der Waals surface area contributed by atoms with Crippen LogP contribution in [-0.2, 0) is 11.3 Å². The van der Waals surface area contributed by atoms with Gasteiger partial charge in [-0.2, -0.15) is 0 Å². The highest BCUT2D eigenvalue weighted by Crippen LogP contribution is 2.31. The van der Waals surface area contributed by atoms with E-state index in [0.717, 1.165) is 44.5 Å². The van der Waals surface area contributed by atoms with Crippen LogP contribution in [0.2, 0.25) is 0 Å². The Bertz CT molecular complexity index is 392. The highest BCUT2D eigenvalue weighted by molar-refractivity contribution is 5.79. The molecule has 3 rings (SSSR count). The number of nitrogens with zero attached hydrogens (tertiary/aromatic N) is 1. The van der Waals surface area contributed by atoms with Crippen LogP contribution >= 0.6 is 0 Å². The zero-order valence-electron chi connectivity index (χ0n) is 10.6. The molecule has 1 aliphatic carbocycles. The third-order valence-electron chi connectivity index (χ3n) is 3.87. The molecule has 4 heteroatoms. The number of rotatable bonds is 4. The number of hydrogen-bond acceptors (Lipinski definition) is 3. The Kier molecular flexibility index (Phi) is 3.37. The summed E-state index contributed by atoms with van der Waals surface area (Å²) in [5, 5.41) is 3.31. The monoisotopic (exact) mass is 248 g/mol. The van der Waals surface area contributed by atoms with Crippen LogP contribution < -0.4 is 5.32 Å². The maximum atomic E-state index is 12.6. The first kappa shape index (κ1) is 11.8. The van der Waals surface area contributed by atoms with Crippen LogP contribution in [-0.4, -0.2) is 29.9 Å². The van der Waals surface area contributed by atoms with Crippen LogP contribution in [0.25, 0.3) is 0 Å². The highest BCUT2D eigenvalue weighted by Gasteiger charge is 2.36. The second-order valence-electron chi connectivity index (χ2n) is 5.30. The fourth-order valence-corrected chi connectivity index (χ4v) is 2.65. The summed E-state index contributed by atoms with van der Waals surface area (Å²) >= 11 is 0. The summed E-state index contributed by atoms with van der Waals surface area (Å²) in [7, 11) is 0. The molecule has 1 N–H and O–H groups in total. The average molecular weight is 248 g/mol. The maximum Gasteiger partial charge on any atom is 0.226 e. The Balaban J connectivity index is 1.66. The molecule has 18 heavy (non-hydrogen) atoms. The number of hydrogen-bond donors (Lipinski definition) is 1. The molecule has 2 heterocycles. The minimum absolute atomic E-state index is 0.210. The van der Waals surface area contributed by atoms with Crippen molar-refractivity contribution < 1.29 is 9.21 Å². The van der Waals surface area contributed by atoms with Crippen molar-refractivity contribution in [2.45, 2.75) is 38.3 Å². The van der Waals surface area contributed by atoms with Gasteiger partial charge in [0.2, 0.25) is 5.91 Å². The van der Waals surface area contributed by atoms with Crippen LogP contribution in [0.15, 0.2) is 22.8 Å². The molecule has 0 spiro atoms. The number of amides is 1. The van der Waals surface area contributed by atoms with Gasteiger partial charge in [-0.25, -0.2) is 0 Å². The van der Waals surface area contributed by atoms with Gasteiger partial charge in [-0.15, -0.1) is 0 Å². The summed E-state index contributed by atoms with van der Waals surface area (Å²) in [6.07, 6.45) is 5.92. The van der Waals surface area contributed by atoms with Crippen molar-refractivity contribution in [3.8, 4) is 0 Å². The van der Waals surface area contributed by atoms with E-state index in [-0.39, 0.29) is 5.92 Å². The molecule has 1 aliphatic heterocycles. The topological polar surface area (TPSA) is 45.5 Å². The van der Waals surface area contributed by atoms with Gasteiger partial charge in [0.1, 0.15) is 5.76 Å². The van der Waals surface area contributed by atoms with Gasteiger partial charge in [0.25, 0.3) is 0 Å². The lowest BCUT2D eigenvalue weighted by atomic mass is 9.96. The molecule has 2 aliphatic rings. The van der Waals surface area contributed by atoms with Crippen molar-refractivity contribution in [3.05, 3.63) is 24.2 Å². The number of carbonyl (C=O) groups excluding carboxylic acids is 1. The summed E-state index contributed by atoms with van der Waals surface area (Å²) in [5.41, 5.74) is 0. The Hall–Kier alpha value is -1.29. The molecule has 1 aromatic rings. The van der Waals surface area contributed by atoms with Gasteiger partial charge in [-0.3, -0.25) is 4.79 Å². The zero-order valence-corrected chi connectivity index (χ0v) is 10.6. The average Bonchev–Trinajstić information content (AvgIpc) is 3.13. The standard InChI is InChI=1S/C14H20N2O2/c17-14(11-5-7-15-8-6-11)16(12-3-4-12)10-13-2-1-9-18-13/h1-2,9,11-12,15H,3-8,10H2. The van der Waals surface area contributed by atoms with Crippen LogP contribution in [0.5, 0.6) is 0 Å². The van der Waals surface area contributed by atoms with Crippen molar-refractivity contribution in [3.63, 3.8) is 0 Å². The van der Waals surface area contributed by atoms with E-state index < -0.39 is 0 Å². The predicted molar refractivity (Wildman–Crippen MR) is 67.9 cm³/mol. The molecule has 1 saturated carbocycles. The second-order valence-corrected chi connectivity index (χ2v) is 5.30. The van der Waals surface area contributed by atoms with Gasteiger partial charge in [0.15, 0.2) is 0 Å². The van der Waals surface area contributed by atoms with Crippen LogP contribution in [0, 0.1) is 5.92 Å². The third-order valence-corrected chi connectivity index (χ3v) is 3.87. The zero-order chi connectivity index (χ0) is 12.4. The summed E-state index contributed by atoms with van der Waals surface area (Å²) in [5.74, 6) is 1.43. The molecule has 1 saturated heterocycles. The third kappa shape index (κ3) is 2.58. The van der Waals surface area contributed by atoms with E-state index in [4.69, 9.17) is 4.42 Å². The van der Waals surface area contributed by atoms with E-state index >= 15 is 0 Å². The molecule has 0 radical (unpaired) electrons. The predicted octanol–water partition coefficient (Wildman–Crippen LogP) is 1.77. The lowest BCUT2D eigenvalue weighted by Crippen LogP contribution is -2.41. The highest BCUT2D eigenvalue weighted by atomic mass is 16.3. The molecule has 1 amide bonds. The van der Waals surface area contributed by atoms with E-state index in [2.05, 4.69) is 5.32 Å². The Labute approximate surface area is 107 Å². The van der Waals surface area contributed by atoms with Crippen LogP contribution in [0.4, 0.5) is 0 Å². The molecule has 0 unspecified atom stereocenters. The summed E-state index contributed by atoms with van der Waals surface area (Å²) < 4.78 is 5.37. The fourth-order valence-electron chi connectivity index (χ4n) is 2.65. The Morgan fingerprint density at radius 2 is 2.11 bits per heavy atom. The van der Waals surface area contributed by atoms with Crippen LogP contribution in [0.1, 0.15) is 31.4 Å². The summed E-state index contributed by atoms with van der Waals surface area (Å²) in [4.78, 5) is 14.6.